The van der Waals surface area contributed by atoms with Crippen LogP contribution in [0.2, 0.25) is 0 Å². The molecule has 0 aromatic rings. The van der Waals surface area contributed by atoms with Gasteiger partial charge in [-0.1, -0.05) is 71.6 Å². The third kappa shape index (κ3) is 12.9. The van der Waals surface area contributed by atoms with Crippen molar-refractivity contribution >= 4 is 12.1 Å². The van der Waals surface area contributed by atoms with Crippen LogP contribution in [-0.2, 0) is 14.3 Å². The van der Waals surface area contributed by atoms with Gasteiger partial charge in [0.1, 0.15) is 6.04 Å². The number of esters is 1. The van der Waals surface area contributed by atoms with Crippen LogP contribution in [0.4, 0.5) is 4.79 Å². The van der Waals surface area contributed by atoms with E-state index in [1.54, 1.807) is 0 Å². The summed E-state index contributed by atoms with van der Waals surface area (Å²) in [6.07, 6.45) is 11.5. The molecule has 0 aliphatic rings. The van der Waals surface area contributed by atoms with Gasteiger partial charge in [0.25, 0.3) is 0 Å². The van der Waals surface area contributed by atoms with Crippen LogP contribution in [0.1, 0.15) is 84.5 Å². The van der Waals surface area contributed by atoms with Crippen molar-refractivity contribution < 1.29 is 19.1 Å². The number of hydrogen-bond acceptors (Lipinski definition) is 4. The fraction of sp³-hybridized carbons (Fsp3) is 0.889. The van der Waals surface area contributed by atoms with E-state index in [1.165, 1.54) is 45.6 Å². The average Bonchev–Trinajstić information content (AvgIpc) is 2.56. The number of nitrogens with one attached hydrogen (secondary N) is 1. The summed E-state index contributed by atoms with van der Waals surface area (Å²) in [5, 5.41) is 2.55. The molecule has 5 nitrogen and oxygen atoms in total. The molecule has 5 heteroatoms. The van der Waals surface area contributed by atoms with Crippen molar-refractivity contribution in [2.45, 2.75) is 90.5 Å². The Bertz CT molecular complexity index is 307. The molecule has 0 aliphatic carbocycles. The quantitative estimate of drug-likeness (QED) is 0.374. The highest BCUT2D eigenvalue weighted by atomic mass is 16.5. The maximum atomic E-state index is 12.0. The molecule has 1 unspecified atom stereocenters. The Morgan fingerprint density at radius 2 is 1.43 bits per heavy atom. The predicted octanol–water partition coefficient (Wildman–Crippen LogP) is 4.59. The molecular weight excluding hydrogens is 294 g/mol. The Hall–Kier alpha value is -1.26. The van der Waals surface area contributed by atoms with E-state index >= 15 is 0 Å². The largest absolute Gasteiger partial charge is 0.464 e. The lowest BCUT2D eigenvalue weighted by molar-refractivity contribution is -0.146. The first-order chi connectivity index (χ1) is 11.2. The Balaban J connectivity index is 3.78. The SMILES string of the molecule is CCCCCCCCCCOC(=O)C(CCCC)NC(=O)OC. The van der Waals surface area contributed by atoms with Crippen LogP contribution in [0, 0.1) is 0 Å². The highest BCUT2D eigenvalue weighted by molar-refractivity contribution is 5.81. The van der Waals surface area contributed by atoms with Gasteiger partial charge in [-0.05, 0) is 12.8 Å². The van der Waals surface area contributed by atoms with Crippen molar-refractivity contribution in [3.8, 4) is 0 Å². The number of ether oxygens (including phenoxy) is 2. The van der Waals surface area contributed by atoms with E-state index < -0.39 is 12.1 Å². The molecule has 0 aliphatic heterocycles. The Kier molecular flexibility index (Phi) is 14.8. The fourth-order valence-electron chi connectivity index (χ4n) is 2.37. The highest BCUT2D eigenvalue weighted by Crippen LogP contribution is 2.09. The number of amides is 1. The first kappa shape index (κ1) is 21.7. The zero-order valence-electron chi connectivity index (χ0n) is 15.2. The lowest BCUT2D eigenvalue weighted by Gasteiger charge is -2.16. The molecule has 1 amide bonds. The number of carbonyl (C=O) groups excluding carboxylic acids is 2. The van der Waals surface area contributed by atoms with Gasteiger partial charge < -0.3 is 14.8 Å². The third-order valence-corrected chi connectivity index (χ3v) is 3.85. The molecule has 0 saturated heterocycles. The minimum Gasteiger partial charge on any atom is -0.464 e. The van der Waals surface area contributed by atoms with Crippen molar-refractivity contribution in [2.24, 2.45) is 0 Å². The summed E-state index contributed by atoms with van der Waals surface area (Å²) in [6.45, 7) is 4.69. The van der Waals surface area contributed by atoms with E-state index in [1.807, 2.05) is 6.92 Å². The van der Waals surface area contributed by atoms with Gasteiger partial charge in [-0.3, -0.25) is 0 Å². The topological polar surface area (TPSA) is 64.6 Å². The van der Waals surface area contributed by atoms with E-state index in [-0.39, 0.29) is 5.97 Å². The van der Waals surface area contributed by atoms with E-state index in [4.69, 9.17) is 4.74 Å². The molecule has 0 radical (unpaired) electrons. The number of rotatable bonds is 14. The van der Waals surface area contributed by atoms with Crippen molar-refractivity contribution in [3.63, 3.8) is 0 Å². The zero-order chi connectivity index (χ0) is 17.3. The molecule has 0 spiro atoms. The van der Waals surface area contributed by atoms with Crippen LogP contribution >= 0.6 is 0 Å². The van der Waals surface area contributed by atoms with Gasteiger partial charge in [-0.25, -0.2) is 9.59 Å². The Morgan fingerprint density at radius 3 is 2.00 bits per heavy atom. The summed E-state index contributed by atoms with van der Waals surface area (Å²) >= 11 is 0. The van der Waals surface area contributed by atoms with E-state index in [0.717, 1.165) is 25.7 Å². The summed E-state index contributed by atoms with van der Waals surface area (Å²) in [7, 11) is 1.29. The van der Waals surface area contributed by atoms with Gasteiger partial charge in [0.05, 0.1) is 13.7 Å². The number of hydrogen-bond donors (Lipinski definition) is 1. The standard InChI is InChI=1S/C18H35NO4/c1-4-6-8-9-10-11-12-13-15-23-17(20)16(14-7-5-2)19-18(21)22-3/h16H,4-15H2,1-3H3,(H,19,21). The summed E-state index contributed by atoms with van der Waals surface area (Å²) < 4.78 is 9.83. The number of unbranched alkanes of at least 4 members (excludes halogenated alkanes) is 8. The maximum absolute atomic E-state index is 12.0. The average molecular weight is 329 g/mol. The van der Waals surface area contributed by atoms with Crippen molar-refractivity contribution in [2.75, 3.05) is 13.7 Å². The van der Waals surface area contributed by atoms with Crippen molar-refractivity contribution in [3.05, 3.63) is 0 Å². The molecule has 0 aromatic carbocycles. The van der Waals surface area contributed by atoms with Gasteiger partial charge in [0.15, 0.2) is 0 Å². The second-order valence-corrected chi connectivity index (χ2v) is 5.97. The molecule has 0 saturated carbocycles. The van der Waals surface area contributed by atoms with E-state index in [0.29, 0.717) is 13.0 Å². The second kappa shape index (κ2) is 15.6. The van der Waals surface area contributed by atoms with Gasteiger partial charge in [0, 0.05) is 0 Å². The summed E-state index contributed by atoms with van der Waals surface area (Å²) in [4.78, 5) is 23.3. The van der Waals surface area contributed by atoms with Crippen molar-refractivity contribution in [1.82, 2.24) is 5.32 Å². The predicted molar refractivity (Wildman–Crippen MR) is 92.4 cm³/mol. The Morgan fingerprint density at radius 1 is 0.870 bits per heavy atom. The molecule has 136 valence electrons. The molecule has 0 aromatic heterocycles. The van der Waals surface area contributed by atoms with Gasteiger partial charge >= 0.3 is 12.1 Å². The van der Waals surface area contributed by atoms with Crippen molar-refractivity contribution in [1.29, 1.82) is 0 Å². The number of alkyl carbamates (subject to hydrolysis) is 1. The van der Waals surface area contributed by atoms with Gasteiger partial charge in [-0.15, -0.1) is 0 Å². The maximum Gasteiger partial charge on any atom is 0.407 e. The van der Waals surface area contributed by atoms with E-state index in [2.05, 4.69) is 17.0 Å². The second-order valence-electron chi connectivity index (χ2n) is 5.97. The van der Waals surface area contributed by atoms with E-state index in [9.17, 15) is 9.59 Å². The molecule has 0 heterocycles. The lowest BCUT2D eigenvalue weighted by Crippen LogP contribution is -2.41. The molecule has 0 fully saturated rings. The molecule has 0 rings (SSSR count). The van der Waals surface area contributed by atoms with Gasteiger partial charge in [0.2, 0.25) is 0 Å². The fourth-order valence-corrected chi connectivity index (χ4v) is 2.37. The molecule has 0 bridgehead atoms. The smallest absolute Gasteiger partial charge is 0.407 e. The third-order valence-electron chi connectivity index (χ3n) is 3.85. The first-order valence-electron chi connectivity index (χ1n) is 9.16. The summed E-state index contributed by atoms with van der Waals surface area (Å²) in [6, 6.07) is -0.601. The summed E-state index contributed by atoms with van der Waals surface area (Å²) in [5.74, 6) is -0.355. The minimum absolute atomic E-state index is 0.355. The van der Waals surface area contributed by atoms with Crippen LogP contribution in [0.5, 0.6) is 0 Å². The van der Waals surface area contributed by atoms with Crippen LogP contribution in [0.15, 0.2) is 0 Å². The molecule has 23 heavy (non-hydrogen) atoms. The molecule has 1 atom stereocenters. The zero-order valence-corrected chi connectivity index (χ0v) is 15.2. The van der Waals surface area contributed by atoms with Crippen LogP contribution in [-0.4, -0.2) is 31.8 Å². The molecule has 1 N–H and O–H groups in total. The number of methoxy groups -OCH3 is 1. The summed E-state index contributed by atoms with van der Waals surface area (Å²) in [5.41, 5.74) is 0. The lowest BCUT2D eigenvalue weighted by atomic mass is 10.1. The van der Waals surface area contributed by atoms with Crippen LogP contribution in [0.3, 0.4) is 0 Å². The monoisotopic (exact) mass is 329 g/mol. The highest BCUT2D eigenvalue weighted by Gasteiger charge is 2.21. The number of carbonyl (C=O) groups is 2. The minimum atomic E-state index is -0.601. The van der Waals surface area contributed by atoms with Gasteiger partial charge in [-0.2, -0.15) is 0 Å². The van der Waals surface area contributed by atoms with Crippen LogP contribution < -0.4 is 5.32 Å². The molecular formula is C18H35NO4. The Labute approximate surface area is 141 Å². The van der Waals surface area contributed by atoms with Crippen LogP contribution in [0.25, 0.3) is 0 Å². The first-order valence-corrected chi connectivity index (χ1v) is 9.16. The normalized spacial score (nSPS) is 11.8.